The lowest BCUT2D eigenvalue weighted by molar-refractivity contribution is -0.140. The van der Waals surface area contributed by atoms with Crippen molar-refractivity contribution in [2.75, 3.05) is 32.2 Å². The third-order valence-electron chi connectivity index (χ3n) is 6.65. The average molecular weight is 701 g/mol. The minimum absolute atomic E-state index is 0.00408. The number of nitrogens with one attached hydrogen (secondary N) is 1. The number of hydrogen-bond acceptors (Lipinski definition) is 7. The molecule has 0 aliphatic carbocycles. The van der Waals surface area contributed by atoms with Gasteiger partial charge in [-0.15, -0.1) is 0 Å². The normalized spacial score (nSPS) is 12.2. The summed E-state index contributed by atoms with van der Waals surface area (Å²) in [6, 6.07) is 12.2. The molecule has 45 heavy (non-hydrogen) atoms. The van der Waals surface area contributed by atoms with Crippen LogP contribution in [0.5, 0.6) is 17.2 Å². The predicted molar refractivity (Wildman–Crippen MR) is 176 cm³/mol. The number of amides is 2. The lowest BCUT2D eigenvalue weighted by Gasteiger charge is -2.34. The van der Waals surface area contributed by atoms with Gasteiger partial charge in [0.05, 0.1) is 31.9 Å². The summed E-state index contributed by atoms with van der Waals surface area (Å²) in [4.78, 5) is 28.6. The highest BCUT2D eigenvalue weighted by atomic mass is 35.5. The van der Waals surface area contributed by atoms with Gasteiger partial charge in [-0.3, -0.25) is 13.9 Å². The Morgan fingerprint density at radius 1 is 0.844 bits per heavy atom. The van der Waals surface area contributed by atoms with Crippen molar-refractivity contribution >= 4 is 62.3 Å². The van der Waals surface area contributed by atoms with E-state index in [9.17, 15) is 18.0 Å². The van der Waals surface area contributed by atoms with E-state index >= 15 is 0 Å². The Morgan fingerprint density at radius 2 is 1.42 bits per heavy atom. The molecule has 1 N–H and O–H groups in total. The lowest BCUT2D eigenvalue weighted by atomic mass is 10.1. The van der Waals surface area contributed by atoms with E-state index in [2.05, 4.69) is 5.32 Å². The van der Waals surface area contributed by atoms with Crippen molar-refractivity contribution in [3.8, 4) is 17.2 Å². The van der Waals surface area contributed by atoms with E-state index < -0.39 is 40.0 Å². The highest BCUT2D eigenvalue weighted by Gasteiger charge is 2.35. The fraction of sp³-hybridized carbons (Fsp3) is 0.355. The number of halogens is 3. The van der Waals surface area contributed by atoms with E-state index in [1.54, 1.807) is 19.1 Å². The molecule has 0 heterocycles. The van der Waals surface area contributed by atoms with Crippen molar-refractivity contribution in [2.45, 2.75) is 50.7 Å². The Kier molecular flexibility index (Phi) is 11.9. The van der Waals surface area contributed by atoms with Crippen LogP contribution in [-0.4, -0.2) is 64.6 Å². The minimum atomic E-state index is -4.48. The Bertz CT molecular complexity index is 1660. The standard InChI is InChI=1S/C31H36Cl3N3O7S/c1-19(30(39)35-31(2,3)4)36(17-20-8-9-21(32)14-24(20)34)29(38)18-37(25-15-22(33)10-12-26(25)42-5)45(40,41)23-11-13-27(43-6)28(16-23)44-7/h8-16,19H,17-18H2,1-7H3,(H,35,39). The molecule has 0 spiro atoms. The van der Waals surface area contributed by atoms with Crippen LogP contribution < -0.4 is 23.8 Å². The molecule has 0 fully saturated rings. The number of anilines is 1. The van der Waals surface area contributed by atoms with Crippen molar-refractivity contribution in [3.05, 3.63) is 75.2 Å². The molecular formula is C31H36Cl3N3O7S. The van der Waals surface area contributed by atoms with Gasteiger partial charge in [-0.1, -0.05) is 40.9 Å². The molecule has 0 aliphatic rings. The van der Waals surface area contributed by atoms with Gasteiger partial charge in [0.15, 0.2) is 11.5 Å². The smallest absolute Gasteiger partial charge is 0.265 e. The quantitative estimate of drug-likeness (QED) is 0.239. The molecule has 1 unspecified atom stereocenters. The van der Waals surface area contributed by atoms with Crippen molar-refractivity contribution in [1.82, 2.24) is 10.2 Å². The summed E-state index contributed by atoms with van der Waals surface area (Å²) < 4.78 is 45.6. The van der Waals surface area contributed by atoms with Crippen LogP contribution in [0, 0.1) is 0 Å². The van der Waals surface area contributed by atoms with Gasteiger partial charge in [0.1, 0.15) is 18.3 Å². The van der Waals surface area contributed by atoms with Crippen LogP contribution >= 0.6 is 34.8 Å². The van der Waals surface area contributed by atoms with Gasteiger partial charge in [-0.2, -0.15) is 0 Å². The number of carbonyl (C=O) groups excluding carboxylic acids is 2. The fourth-order valence-electron chi connectivity index (χ4n) is 4.37. The van der Waals surface area contributed by atoms with Crippen LogP contribution in [0.15, 0.2) is 59.5 Å². The maximum absolute atomic E-state index is 14.3. The van der Waals surface area contributed by atoms with Gasteiger partial charge in [0, 0.05) is 33.2 Å². The van der Waals surface area contributed by atoms with E-state index in [4.69, 9.17) is 49.0 Å². The number of hydrogen-bond donors (Lipinski definition) is 1. The van der Waals surface area contributed by atoms with Gasteiger partial charge in [0.25, 0.3) is 10.0 Å². The van der Waals surface area contributed by atoms with Gasteiger partial charge >= 0.3 is 0 Å². The molecule has 0 aliphatic heterocycles. The van der Waals surface area contributed by atoms with Crippen LogP contribution in [0.2, 0.25) is 15.1 Å². The number of rotatable bonds is 12. The highest BCUT2D eigenvalue weighted by Crippen LogP contribution is 2.37. The zero-order valence-corrected chi connectivity index (χ0v) is 29.1. The minimum Gasteiger partial charge on any atom is -0.495 e. The topological polar surface area (TPSA) is 114 Å². The summed E-state index contributed by atoms with van der Waals surface area (Å²) in [6.07, 6.45) is 0. The summed E-state index contributed by atoms with van der Waals surface area (Å²) >= 11 is 18.8. The first-order valence-electron chi connectivity index (χ1n) is 13.7. The van der Waals surface area contributed by atoms with E-state index in [1.807, 2.05) is 20.8 Å². The molecule has 2 amide bonds. The Morgan fingerprint density at radius 3 is 2.00 bits per heavy atom. The molecule has 0 radical (unpaired) electrons. The second kappa shape index (κ2) is 14.8. The van der Waals surface area contributed by atoms with Crippen LogP contribution in [0.4, 0.5) is 5.69 Å². The Labute approximate surface area is 279 Å². The second-order valence-corrected chi connectivity index (χ2v) is 14.2. The first kappa shape index (κ1) is 36.1. The summed E-state index contributed by atoms with van der Waals surface area (Å²) in [7, 11) is -0.322. The fourth-order valence-corrected chi connectivity index (χ4v) is 6.43. The van der Waals surface area contributed by atoms with Crippen molar-refractivity contribution in [1.29, 1.82) is 0 Å². The average Bonchev–Trinajstić information content (AvgIpc) is 2.97. The van der Waals surface area contributed by atoms with Crippen LogP contribution in [-0.2, 0) is 26.2 Å². The van der Waals surface area contributed by atoms with Crippen molar-refractivity contribution in [3.63, 3.8) is 0 Å². The van der Waals surface area contributed by atoms with E-state index in [0.717, 1.165) is 4.31 Å². The SMILES string of the molecule is COc1ccc(S(=O)(=O)N(CC(=O)N(Cc2ccc(Cl)cc2Cl)C(C)C(=O)NC(C)(C)C)c2cc(Cl)ccc2OC)cc1OC. The van der Waals surface area contributed by atoms with Crippen LogP contribution in [0.3, 0.4) is 0 Å². The number of carbonyl (C=O) groups is 2. The summed E-state index contributed by atoms with van der Waals surface area (Å²) in [5.41, 5.74) is -0.0987. The van der Waals surface area contributed by atoms with Gasteiger partial charge in [-0.25, -0.2) is 8.42 Å². The zero-order chi connectivity index (χ0) is 33.7. The third kappa shape index (κ3) is 8.88. The molecule has 1 atom stereocenters. The summed E-state index contributed by atoms with van der Waals surface area (Å²) in [5, 5.41) is 3.74. The zero-order valence-electron chi connectivity index (χ0n) is 26.0. The molecule has 0 saturated heterocycles. The van der Waals surface area contributed by atoms with E-state index in [-0.39, 0.29) is 38.7 Å². The molecular weight excluding hydrogens is 665 g/mol. The molecule has 244 valence electrons. The number of ether oxygens (including phenoxy) is 3. The van der Waals surface area contributed by atoms with E-state index in [1.165, 1.54) is 68.7 Å². The monoisotopic (exact) mass is 699 g/mol. The number of benzene rings is 3. The Hall–Kier alpha value is -3.38. The Balaban J connectivity index is 2.18. The number of methoxy groups -OCH3 is 3. The number of sulfonamides is 1. The predicted octanol–water partition coefficient (Wildman–Crippen LogP) is 6.20. The molecule has 3 aromatic rings. The molecule has 14 heteroatoms. The van der Waals surface area contributed by atoms with Gasteiger partial charge in [0.2, 0.25) is 11.8 Å². The van der Waals surface area contributed by atoms with Gasteiger partial charge in [-0.05, 0) is 75.7 Å². The van der Waals surface area contributed by atoms with E-state index in [0.29, 0.717) is 16.3 Å². The molecule has 3 aromatic carbocycles. The molecule has 0 bridgehead atoms. The maximum Gasteiger partial charge on any atom is 0.265 e. The van der Waals surface area contributed by atoms with Crippen LogP contribution in [0.25, 0.3) is 0 Å². The first-order chi connectivity index (χ1) is 21.0. The molecule has 0 aromatic heterocycles. The largest absolute Gasteiger partial charge is 0.495 e. The molecule has 0 saturated carbocycles. The second-order valence-electron chi connectivity index (χ2n) is 11.0. The summed E-state index contributed by atoms with van der Waals surface area (Å²) in [5.74, 6) is -0.542. The first-order valence-corrected chi connectivity index (χ1v) is 16.2. The highest BCUT2D eigenvalue weighted by molar-refractivity contribution is 7.92. The van der Waals surface area contributed by atoms with Crippen LogP contribution in [0.1, 0.15) is 33.3 Å². The van der Waals surface area contributed by atoms with Gasteiger partial charge < -0.3 is 24.4 Å². The maximum atomic E-state index is 14.3. The summed E-state index contributed by atoms with van der Waals surface area (Å²) in [6.45, 7) is 6.13. The molecule has 3 rings (SSSR count). The lowest BCUT2D eigenvalue weighted by Crippen LogP contribution is -2.54. The molecule has 10 nitrogen and oxygen atoms in total. The van der Waals surface area contributed by atoms with Crippen molar-refractivity contribution < 1.29 is 32.2 Å². The third-order valence-corrected chi connectivity index (χ3v) is 9.23. The number of nitrogens with zero attached hydrogens (tertiary/aromatic N) is 2. The van der Waals surface area contributed by atoms with Crippen molar-refractivity contribution in [2.24, 2.45) is 0 Å².